The molecule has 2 aromatic carbocycles. The molecule has 0 fully saturated rings. The van der Waals surface area contributed by atoms with Crippen molar-refractivity contribution in [3.05, 3.63) is 64.7 Å². The lowest BCUT2D eigenvalue weighted by Crippen LogP contribution is -2.24. The van der Waals surface area contributed by atoms with Gasteiger partial charge in [-0.2, -0.15) is 0 Å². The van der Waals surface area contributed by atoms with E-state index >= 15 is 0 Å². The second kappa shape index (κ2) is 6.41. The highest BCUT2D eigenvalue weighted by molar-refractivity contribution is 6.31. The van der Waals surface area contributed by atoms with Crippen molar-refractivity contribution in [2.75, 3.05) is 0 Å². The summed E-state index contributed by atoms with van der Waals surface area (Å²) in [6, 6.07) is 13.6. The van der Waals surface area contributed by atoms with Gasteiger partial charge in [0, 0.05) is 16.1 Å². The first-order valence-electron chi connectivity index (χ1n) is 6.02. The number of benzene rings is 2. The zero-order valence-corrected chi connectivity index (χ0v) is 11.4. The lowest BCUT2D eigenvalue weighted by atomic mass is 10.1. The topological polar surface area (TPSA) is 72.6 Å². The van der Waals surface area contributed by atoms with Crippen LogP contribution in [0, 0.1) is 0 Å². The molecule has 0 aromatic heterocycles. The summed E-state index contributed by atoms with van der Waals surface area (Å²) in [6.45, 7) is 0.0610. The number of phenolic OH excluding ortho intramolecular Hbond substituents is 1. The van der Waals surface area contributed by atoms with Gasteiger partial charge in [0.15, 0.2) is 6.10 Å². The average Bonchev–Trinajstić information content (AvgIpc) is 2.42. The molecule has 4 nitrogen and oxygen atoms in total. The fourth-order valence-corrected chi connectivity index (χ4v) is 2.05. The van der Waals surface area contributed by atoms with Gasteiger partial charge in [0.2, 0.25) is 0 Å². The SMILES string of the molecule is NC(=O)C(OCc1ccccc1O)c1ccccc1Cl. The largest absolute Gasteiger partial charge is 0.508 e. The molecule has 1 amide bonds. The van der Waals surface area contributed by atoms with E-state index in [1.165, 1.54) is 0 Å². The number of hydrogen-bond acceptors (Lipinski definition) is 3. The van der Waals surface area contributed by atoms with Crippen molar-refractivity contribution in [1.82, 2.24) is 0 Å². The number of halogens is 1. The van der Waals surface area contributed by atoms with Gasteiger partial charge in [-0.25, -0.2) is 0 Å². The van der Waals surface area contributed by atoms with E-state index in [0.717, 1.165) is 0 Å². The van der Waals surface area contributed by atoms with Crippen LogP contribution in [0.1, 0.15) is 17.2 Å². The van der Waals surface area contributed by atoms with Crippen LogP contribution in [-0.2, 0) is 16.1 Å². The second-order valence-corrected chi connectivity index (χ2v) is 4.65. The number of carbonyl (C=O) groups excluding carboxylic acids is 1. The quantitative estimate of drug-likeness (QED) is 0.889. The molecule has 0 saturated heterocycles. The molecular weight excluding hydrogens is 278 g/mol. The normalized spacial score (nSPS) is 12.1. The molecule has 0 bridgehead atoms. The van der Waals surface area contributed by atoms with Gasteiger partial charge in [-0.05, 0) is 12.1 Å². The monoisotopic (exact) mass is 291 g/mol. The lowest BCUT2D eigenvalue weighted by molar-refractivity contribution is -0.130. The van der Waals surface area contributed by atoms with E-state index in [0.29, 0.717) is 16.1 Å². The Kier molecular flexibility index (Phi) is 4.61. The summed E-state index contributed by atoms with van der Waals surface area (Å²) in [7, 11) is 0. The van der Waals surface area contributed by atoms with E-state index in [1.54, 1.807) is 48.5 Å². The first-order valence-corrected chi connectivity index (χ1v) is 6.39. The van der Waals surface area contributed by atoms with E-state index < -0.39 is 12.0 Å². The van der Waals surface area contributed by atoms with Crippen molar-refractivity contribution in [1.29, 1.82) is 0 Å². The van der Waals surface area contributed by atoms with Crippen LogP contribution in [0.15, 0.2) is 48.5 Å². The molecule has 0 aliphatic heterocycles. The second-order valence-electron chi connectivity index (χ2n) is 4.24. The van der Waals surface area contributed by atoms with Crippen molar-refractivity contribution >= 4 is 17.5 Å². The van der Waals surface area contributed by atoms with Crippen LogP contribution >= 0.6 is 11.6 Å². The third kappa shape index (κ3) is 3.29. The number of primary amides is 1. The van der Waals surface area contributed by atoms with E-state index in [9.17, 15) is 9.90 Å². The molecule has 0 spiro atoms. The van der Waals surface area contributed by atoms with E-state index in [4.69, 9.17) is 22.1 Å². The molecule has 2 aromatic rings. The molecule has 1 unspecified atom stereocenters. The van der Waals surface area contributed by atoms with Gasteiger partial charge >= 0.3 is 0 Å². The third-order valence-electron chi connectivity index (χ3n) is 2.84. The molecule has 0 aliphatic rings. The van der Waals surface area contributed by atoms with Gasteiger partial charge < -0.3 is 15.6 Å². The van der Waals surface area contributed by atoms with Crippen molar-refractivity contribution < 1.29 is 14.6 Å². The number of carbonyl (C=O) groups is 1. The zero-order valence-electron chi connectivity index (χ0n) is 10.6. The van der Waals surface area contributed by atoms with Gasteiger partial charge in [-0.1, -0.05) is 48.0 Å². The van der Waals surface area contributed by atoms with Crippen LogP contribution in [0.2, 0.25) is 5.02 Å². The summed E-state index contributed by atoms with van der Waals surface area (Å²) in [5, 5.41) is 10.1. The first-order chi connectivity index (χ1) is 9.59. The molecule has 0 saturated carbocycles. The third-order valence-corrected chi connectivity index (χ3v) is 3.19. The number of amides is 1. The Bertz CT molecular complexity index is 616. The number of nitrogens with two attached hydrogens (primary N) is 1. The molecular formula is C15H14ClNO3. The Morgan fingerprint density at radius 1 is 1.20 bits per heavy atom. The Morgan fingerprint density at radius 3 is 2.50 bits per heavy atom. The maximum absolute atomic E-state index is 11.5. The minimum atomic E-state index is -0.955. The van der Waals surface area contributed by atoms with Gasteiger partial charge in [0.05, 0.1) is 6.61 Å². The highest BCUT2D eigenvalue weighted by atomic mass is 35.5. The highest BCUT2D eigenvalue weighted by Crippen LogP contribution is 2.27. The molecule has 0 aliphatic carbocycles. The van der Waals surface area contributed by atoms with Crippen LogP contribution in [0.4, 0.5) is 0 Å². The molecule has 5 heteroatoms. The van der Waals surface area contributed by atoms with E-state index in [-0.39, 0.29) is 12.4 Å². The standard InChI is InChI=1S/C15H14ClNO3/c16-12-7-3-2-6-11(12)14(15(17)19)20-9-10-5-1-4-8-13(10)18/h1-8,14,18H,9H2,(H2,17,19). The summed E-state index contributed by atoms with van der Waals surface area (Å²) in [5.41, 5.74) is 6.44. The Hall–Kier alpha value is -2.04. The minimum Gasteiger partial charge on any atom is -0.508 e. The molecule has 0 radical (unpaired) electrons. The fraction of sp³-hybridized carbons (Fsp3) is 0.133. The zero-order chi connectivity index (χ0) is 14.5. The van der Waals surface area contributed by atoms with Crippen LogP contribution in [-0.4, -0.2) is 11.0 Å². The molecule has 0 heterocycles. The van der Waals surface area contributed by atoms with Crippen LogP contribution in [0.5, 0.6) is 5.75 Å². The number of para-hydroxylation sites is 1. The first kappa shape index (κ1) is 14.4. The van der Waals surface area contributed by atoms with E-state index in [1.807, 2.05) is 0 Å². The van der Waals surface area contributed by atoms with Crippen molar-refractivity contribution in [3.8, 4) is 5.75 Å². The van der Waals surface area contributed by atoms with Gasteiger partial charge in [-0.15, -0.1) is 0 Å². The summed E-state index contributed by atoms with van der Waals surface area (Å²) in [5.74, 6) is -0.525. The number of rotatable bonds is 5. The Morgan fingerprint density at radius 2 is 1.85 bits per heavy atom. The van der Waals surface area contributed by atoms with Crippen molar-refractivity contribution in [2.45, 2.75) is 12.7 Å². The molecule has 3 N–H and O–H groups in total. The lowest BCUT2D eigenvalue weighted by Gasteiger charge is -2.16. The molecule has 20 heavy (non-hydrogen) atoms. The molecule has 1 atom stereocenters. The Balaban J connectivity index is 2.18. The highest BCUT2D eigenvalue weighted by Gasteiger charge is 2.21. The summed E-state index contributed by atoms with van der Waals surface area (Å²) in [4.78, 5) is 11.5. The molecule has 104 valence electrons. The number of hydrogen-bond donors (Lipinski definition) is 2. The van der Waals surface area contributed by atoms with Gasteiger partial charge in [-0.3, -0.25) is 4.79 Å². The average molecular weight is 292 g/mol. The summed E-state index contributed by atoms with van der Waals surface area (Å²) < 4.78 is 5.52. The maximum atomic E-state index is 11.5. The predicted octanol–water partition coefficient (Wildman–Crippen LogP) is 2.79. The fourth-order valence-electron chi connectivity index (χ4n) is 1.82. The van der Waals surface area contributed by atoms with Gasteiger partial charge in [0.1, 0.15) is 5.75 Å². The van der Waals surface area contributed by atoms with Crippen molar-refractivity contribution in [3.63, 3.8) is 0 Å². The molecule has 2 rings (SSSR count). The Labute approximate surface area is 121 Å². The van der Waals surface area contributed by atoms with Crippen LogP contribution in [0.3, 0.4) is 0 Å². The predicted molar refractivity (Wildman–Crippen MR) is 76.3 cm³/mol. The van der Waals surface area contributed by atoms with Crippen LogP contribution < -0.4 is 5.73 Å². The summed E-state index contributed by atoms with van der Waals surface area (Å²) >= 11 is 6.04. The minimum absolute atomic E-state index is 0.0610. The number of ether oxygens (including phenoxy) is 1. The number of phenols is 1. The van der Waals surface area contributed by atoms with Crippen LogP contribution in [0.25, 0.3) is 0 Å². The smallest absolute Gasteiger partial charge is 0.251 e. The van der Waals surface area contributed by atoms with E-state index in [2.05, 4.69) is 0 Å². The maximum Gasteiger partial charge on any atom is 0.251 e. The summed E-state index contributed by atoms with van der Waals surface area (Å²) in [6.07, 6.45) is -0.955. The number of aromatic hydroxyl groups is 1. The van der Waals surface area contributed by atoms with Gasteiger partial charge in [0.25, 0.3) is 5.91 Å². The van der Waals surface area contributed by atoms with Crippen molar-refractivity contribution in [2.24, 2.45) is 5.73 Å².